The predicted octanol–water partition coefficient (Wildman–Crippen LogP) is 8.04. The lowest BCUT2D eigenvalue weighted by molar-refractivity contribution is 0.931. The number of pyridine rings is 1. The molecule has 0 radical (unpaired) electrons. The van der Waals surface area contributed by atoms with Gasteiger partial charge >= 0.3 is 0 Å². The van der Waals surface area contributed by atoms with Crippen LogP contribution < -0.4 is 0 Å². The molecule has 0 unspecified atom stereocenters. The molecule has 0 aliphatic heterocycles. The lowest BCUT2D eigenvalue weighted by atomic mass is 10.1. The Labute approximate surface area is 228 Å². The normalized spacial score (nSPS) is 13.2. The van der Waals surface area contributed by atoms with Crippen LogP contribution in [-0.4, -0.2) is 24.1 Å². The topological polar surface area (TPSA) is 48.5 Å². The maximum atomic E-state index is 8.67. The predicted molar refractivity (Wildman–Crippen MR) is 159 cm³/mol. The molecule has 8 rings (SSSR count). The van der Waals surface area contributed by atoms with Gasteiger partial charge in [0.25, 0.3) is 0 Å². The molecule has 0 bridgehead atoms. The van der Waals surface area contributed by atoms with E-state index in [1.165, 1.54) is 0 Å². The van der Waals surface area contributed by atoms with E-state index in [-0.39, 0.29) is 5.69 Å². The van der Waals surface area contributed by atoms with Gasteiger partial charge in [-0.25, -0.2) is 4.98 Å². The molecule has 39 heavy (non-hydrogen) atoms. The van der Waals surface area contributed by atoms with Crippen molar-refractivity contribution >= 4 is 43.6 Å². The van der Waals surface area contributed by atoms with Crippen LogP contribution in [0.1, 0.15) is 9.81 Å². The lowest BCUT2D eigenvalue weighted by Gasteiger charge is -2.17. The van der Waals surface area contributed by atoms with Gasteiger partial charge in [0.2, 0.25) is 5.95 Å². The standard InChI is InChI=1S/C34H23N5/c1-22-32(23-18-20-35-21-19-23)33(38-28-14-6-2-10-24(28)25-11-3-7-15-29(25)38)37-34(36-22)39-30-16-8-4-12-26(30)27-13-5-9-17-31(27)39/h2-21H,1H3/i1D3. The van der Waals surface area contributed by atoms with Crippen molar-refractivity contribution in [3.63, 3.8) is 0 Å². The van der Waals surface area contributed by atoms with Crippen molar-refractivity contribution in [2.75, 3.05) is 0 Å². The molecule has 0 saturated heterocycles. The fourth-order valence-corrected chi connectivity index (χ4v) is 5.77. The van der Waals surface area contributed by atoms with Crippen molar-refractivity contribution in [1.82, 2.24) is 24.1 Å². The van der Waals surface area contributed by atoms with Crippen molar-refractivity contribution in [2.45, 2.75) is 6.85 Å². The monoisotopic (exact) mass is 504 g/mol. The molecule has 0 spiro atoms. The first-order chi connectivity index (χ1) is 20.5. The summed E-state index contributed by atoms with van der Waals surface area (Å²) in [6.45, 7) is -2.53. The average Bonchev–Trinajstić information content (AvgIpc) is 3.54. The highest BCUT2D eigenvalue weighted by molar-refractivity contribution is 6.10. The number of hydrogen-bond acceptors (Lipinski definition) is 3. The van der Waals surface area contributed by atoms with Crippen LogP contribution in [0.25, 0.3) is 66.5 Å². The summed E-state index contributed by atoms with van der Waals surface area (Å²) in [5.41, 5.74) is 4.78. The second-order valence-corrected chi connectivity index (χ2v) is 9.55. The maximum Gasteiger partial charge on any atom is 0.236 e. The summed E-state index contributed by atoms with van der Waals surface area (Å²) < 4.78 is 30.0. The maximum absolute atomic E-state index is 8.67. The molecule has 0 saturated carbocycles. The SMILES string of the molecule is [2H]C([2H])([2H])c1nc(-n2c3ccccc3c3ccccc32)nc(-n2c3ccccc3c3ccccc32)c1-c1ccncc1. The summed E-state index contributed by atoms with van der Waals surface area (Å²) in [5, 5.41) is 4.20. The van der Waals surface area contributed by atoms with Crippen LogP contribution in [0.4, 0.5) is 0 Å². The van der Waals surface area contributed by atoms with Crippen LogP contribution in [0.15, 0.2) is 122 Å². The second-order valence-electron chi connectivity index (χ2n) is 9.55. The third kappa shape index (κ3) is 3.17. The number of nitrogens with zero attached hydrogens (tertiary/aromatic N) is 5. The molecule has 4 aromatic heterocycles. The van der Waals surface area contributed by atoms with E-state index >= 15 is 0 Å². The highest BCUT2D eigenvalue weighted by Crippen LogP contribution is 2.38. The molecule has 4 aromatic carbocycles. The highest BCUT2D eigenvalue weighted by Gasteiger charge is 2.22. The van der Waals surface area contributed by atoms with Gasteiger partial charge in [-0.2, -0.15) is 4.98 Å². The molecular formula is C34H23N5. The summed E-state index contributed by atoms with van der Waals surface area (Å²) in [7, 11) is 0. The molecule has 0 fully saturated rings. The second kappa shape index (κ2) is 8.36. The molecule has 0 N–H and O–H groups in total. The van der Waals surface area contributed by atoms with E-state index in [1.54, 1.807) is 12.4 Å². The lowest BCUT2D eigenvalue weighted by Crippen LogP contribution is -2.10. The number of para-hydroxylation sites is 4. The number of aryl methyl sites for hydroxylation is 1. The van der Waals surface area contributed by atoms with E-state index in [1.807, 2.05) is 89.5 Å². The molecule has 5 nitrogen and oxygen atoms in total. The molecule has 0 atom stereocenters. The minimum atomic E-state index is -2.53. The Hall–Kier alpha value is -5.29. The van der Waals surface area contributed by atoms with Gasteiger partial charge in [0.15, 0.2) is 5.82 Å². The van der Waals surface area contributed by atoms with Gasteiger partial charge in [-0.3, -0.25) is 14.1 Å². The van der Waals surface area contributed by atoms with Crippen LogP contribution >= 0.6 is 0 Å². The largest absolute Gasteiger partial charge is 0.293 e. The van der Waals surface area contributed by atoms with E-state index in [0.29, 0.717) is 22.9 Å². The third-order valence-corrected chi connectivity index (χ3v) is 7.42. The van der Waals surface area contributed by atoms with Crippen molar-refractivity contribution in [3.8, 4) is 22.9 Å². The number of aromatic nitrogens is 5. The first-order valence-corrected chi connectivity index (χ1v) is 12.8. The van der Waals surface area contributed by atoms with Crippen molar-refractivity contribution < 1.29 is 4.11 Å². The Morgan fingerprint density at radius 3 is 1.49 bits per heavy atom. The summed E-state index contributed by atoms with van der Waals surface area (Å²) in [5.74, 6) is 0.796. The Morgan fingerprint density at radius 2 is 1.00 bits per heavy atom. The smallest absolute Gasteiger partial charge is 0.236 e. The molecule has 0 aliphatic carbocycles. The van der Waals surface area contributed by atoms with E-state index < -0.39 is 6.85 Å². The Morgan fingerprint density at radius 1 is 0.538 bits per heavy atom. The first-order valence-electron chi connectivity index (χ1n) is 14.3. The van der Waals surface area contributed by atoms with Gasteiger partial charge in [-0.15, -0.1) is 0 Å². The van der Waals surface area contributed by atoms with Gasteiger partial charge in [-0.1, -0.05) is 72.8 Å². The van der Waals surface area contributed by atoms with Gasteiger partial charge in [0.1, 0.15) is 0 Å². The average molecular weight is 505 g/mol. The summed E-state index contributed by atoms with van der Waals surface area (Å²) >= 11 is 0. The van der Waals surface area contributed by atoms with Crippen LogP contribution in [0.5, 0.6) is 0 Å². The van der Waals surface area contributed by atoms with E-state index in [4.69, 9.17) is 14.1 Å². The number of fused-ring (bicyclic) bond motifs is 6. The van der Waals surface area contributed by atoms with Gasteiger partial charge in [0.05, 0.1) is 27.8 Å². The third-order valence-electron chi connectivity index (χ3n) is 7.42. The quantitative estimate of drug-likeness (QED) is 0.245. The van der Waals surface area contributed by atoms with Gasteiger partial charge < -0.3 is 0 Å². The Bertz CT molecular complexity index is 2190. The molecule has 8 aromatic rings. The van der Waals surface area contributed by atoms with Crippen molar-refractivity contribution in [2.24, 2.45) is 0 Å². The Kier molecular flexibility index (Phi) is 4.05. The van der Waals surface area contributed by atoms with Crippen molar-refractivity contribution in [1.29, 1.82) is 0 Å². The summed E-state index contributed by atoms with van der Waals surface area (Å²) in [4.78, 5) is 14.3. The molecule has 0 aliphatic rings. The molecule has 5 heteroatoms. The number of rotatable bonds is 3. The molecule has 4 heterocycles. The van der Waals surface area contributed by atoms with E-state index in [2.05, 4.69) is 33.8 Å². The number of hydrogen-bond donors (Lipinski definition) is 0. The fourth-order valence-electron chi connectivity index (χ4n) is 5.77. The first kappa shape index (κ1) is 18.9. The summed E-state index contributed by atoms with van der Waals surface area (Å²) in [6, 6.07) is 36.0. The summed E-state index contributed by atoms with van der Waals surface area (Å²) in [6.07, 6.45) is 3.32. The van der Waals surface area contributed by atoms with Crippen molar-refractivity contribution in [3.05, 3.63) is 127 Å². The molecule has 0 amide bonds. The minimum absolute atomic E-state index is 0.0163. The molecule has 184 valence electrons. The zero-order chi connectivity index (χ0) is 28.4. The van der Waals surface area contributed by atoms with E-state index in [0.717, 1.165) is 43.6 Å². The number of benzene rings is 4. The van der Waals surface area contributed by atoms with E-state index in [9.17, 15) is 0 Å². The fraction of sp³-hybridized carbons (Fsp3) is 0.0294. The highest BCUT2D eigenvalue weighted by atomic mass is 15.2. The van der Waals surface area contributed by atoms with Crippen LogP contribution in [0.3, 0.4) is 0 Å². The zero-order valence-electron chi connectivity index (χ0n) is 23.8. The van der Waals surface area contributed by atoms with Crippen LogP contribution in [0, 0.1) is 6.85 Å². The van der Waals surface area contributed by atoms with Crippen LogP contribution in [-0.2, 0) is 0 Å². The minimum Gasteiger partial charge on any atom is -0.293 e. The van der Waals surface area contributed by atoms with Gasteiger partial charge in [0, 0.05) is 43.6 Å². The van der Waals surface area contributed by atoms with Crippen LogP contribution in [0.2, 0.25) is 0 Å². The Balaban J connectivity index is 1.59. The van der Waals surface area contributed by atoms with Gasteiger partial charge in [-0.05, 0) is 48.8 Å². The molecular weight excluding hydrogens is 478 g/mol. The zero-order valence-corrected chi connectivity index (χ0v) is 20.8.